The summed E-state index contributed by atoms with van der Waals surface area (Å²) in [4.78, 5) is 10.5. The number of halogens is 1. The van der Waals surface area contributed by atoms with Crippen molar-refractivity contribution in [1.29, 1.82) is 0 Å². The zero-order chi connectivity index (χ0) is 12.1. The molecule has 0 saturated heterocycles. The Balaban J connectivity index is 3.04. The number of benzene rings is 1. The number of ether oxygens (including phenoxy) is 2. The molecule has 4 nitrogen and oxygen atoms in total. The fraction of sp³-hybridized carbons (Fsp3) is 0.364. The van der Waals surface area contributed by atoms with Gasteiger partial charge in [-0.05, 0) is 24.1 Å². The molecule has 0 aliphatic heterocycles. The van der Waals surface area contributed by atoms with Gasteiger partial charge in [0.25, 0.3) is 0 Å². The van der Waals surface area contributed by atoms with Gasteiger partial charge in [0.1, 0.15) is 0 Å². The molecular formula is C11H13BrO4. The van der Waals surface area contributed by atoms with E-state index in [1.54, 1.807) is 13.2 Å². The van der Waals surface area contributed by atoms with E-state index in [2.05, 4.69) is 15.9 Å². The maximum Gasteiger partial charge on any atom is 0.303 e. The van der Waals surface area contributed by atoms with E-state index in [9.17, 15) is 4.79 Å². The van der Waals surface area contributed by atoms with Crippen LogP contribution in [0.1, 0.15) is 12.0 Å². The van der Waals surface area contributed by atoms with Gasteiger partial charge in [-0.3, -0.25) is 4.79 Å². The van der Waals surface area contributed by atoms with Crippen LogP contribution in [0.25, 0.3) is 0 Å². The van der Waals surface area contributed by atoms with Gasteiger partial charge in [0, 0.05) is 10.9 Å². The third kappa shape index (κ3) is 3.13. The van der Waals surface area contributed by atoms with E-state index < -0.39 is 5.97 Å². The van der Waals surface area contributed by atoms with Gasteiger partial charge in [0.15, 0.2) is 11.5 Å². The van der Waals surface area contributed by atoms with Gasteiger partial charge in [-0.2, -0.15) is 0 Å². The predicted octanol–water partition coefficient (Wildman–Crippen LogP) is 2.48. The van der Waals surface area contributed by atoms with Gasteiger partial charge in [-0.15, -0.1) is 0 Å². The lowest BCUT2D eigenvalue weighted by atomic mass is 10.1. The summed E-state index contributed by atoms with van der Waals surface area (Å²) in [6.07, 6.45) is 0.476. The Kier molecular flexibility index (Phi) is 4.61. The number of carboxylic acid groups (broad SMARTS) is 1. The van der Waals surface area contributed by atoms with Crippen LogP contribution in [0.3, 0.4) is 0 Å². The normalized spacial score (nSPS) is 9.94. The number of aliphatic carboxylic acids is 1. The molecule has 0 radical (unpaired) electrons. The van der Waals surface area contributed by atoms with Gasteiger partial charge in [-0.25, -0.2) is 0 Å². The fourth-order valence-electron chi connectivity index (χ4n) is 1.43. The smallest absolute Gasteiger partial charge is 0.303 e. The van der Waals surface area contributed by atoms with Crippen LogP contribution in [-0.2, 0) is 11.2 Å². The molecule has 1 rings (SSSR count). The van der Waals surface area contributed by atoms with E-state index >= 15 is 0 Å². The lowest BCUT2D eigenvalue weighted by molar-refractivity contribution is -0.136. The van der Waals surface area contributed by atoms with E-state index in [1.807, 2.05) is 6.07 Å². The van der Waals surface area contributed by atoms with E-state index in [0.717, 1.165) is 10.0 Å². The third-order valence-electron chi connectivity index (χ3n) is 2.13. The fourth-order valence-corrected chi connectivity index (χ4v) is 1.92. The van der Waals surface area contributed by atoms with Crippen molar-refractivity contribution < 1.29 is 19.4 Å². The summed E-state index contributed by atoms with van der Waals surface area (Å²) in [7, 11) is 3.08. The van der Waals surface area contributed by atoms with Gasteiger partial charge in [-0.1, -0.05) is 15.9 Å². The Morgan fingerprint density at radius 2 is 2.06 bits per heavy atom. The van der Waals surface area contributed by atoms with Crippen molar-refractivity contribution in [3.8, 4) is 11.5 Å². The zero-order valence-corrected chi connectivity index (χ0v) is 10.7. The lowest BCUT2D eigenvalue weighted by Gasteiger charge is -2.12. The van der Waals surface area contributed by atoms with Gasteiger partial charge in [0.05, 0.1) is 14.2 Å². The van der Waals surface area contributed by atoms with Gasteiger partial charge >= 0.3 is 5.97 Å². The summed E-state index contributed by atoms with van der Waals surface area (Å²) in [5, 5.41) is 8.65. The Hall–Kier alpha value is -1.23. The van der Waals surface area contributed by atoms with E-state index in [-0.39, 0.29) is 6.42 Å². The largest absolute Gasteiger partial charge is 0.493 e. The third-order valence-corrected chi connectivity index (χ3v) is 2.59. The SMILES string of the molecule is COc1cc(Br)cc(CCC(=O)O)c1OC. The number of methoxy groups -OCH3 is 2. The number of carbonyl (C=O) groups is 1. The maximum absolute atomic E-state index is 10.5. The highest BCUT2D eigenvalue weighted by Crippen LogP contribution is 2.35. The summed E-state index contributed by atoms with van der Waals surface area (Å²) >= 11 is 3.34. The molecule has 0 atom stereocenters. The van der Waals surface area contributed by atoms with Crippen molar-refractivity contribution in [3.63, 3.8) is 0 Å². The Morgan fingerprint density at radius 1 is 1.38 bits per heavy atom. The summed E-state index contributed by atoms with van der Waals surface area (Å²) in [6.45, 7) is 0. The topological polar surface area (TPSA) is 55.8 Å². The minimum absolute atomic E-state index is 0.0654. The molecule has 0 aromatic heterocycles. The minimum atomic E-state index is -0.832. The first-order valence-electron chi connectivity index (χ1n) is 4.70. The number of hydrogen-bond acceptors (Lipinski definition) is 3. The van der Waals surface area contributed by atoms with Crippen molar-refractivity contribution in [2.24, 2.45) is 0 Å². The number of aryl methyl sites for hydroxylation is 1. The second-order valence-electron chi connectivity index (χ2n) is 3.19. The molecule has 0 saturated carbocycles. The highest BCUT2D eigenvalue weighted by atomic mass is 79.9. The quantitative estimate of drug-likeness (QED) is 0.904. The molecule has 0 bridgehead atoms. The first-order chi connectivity index (χ1) is 7.58. The van der Waals surface area contributed by atoms with Crippen LogP contribution in [0.4, 0.5) is 0 Å². The summed E-state index contributed by atoms with van der Waals surface area (Å²) in [5.41, 5.74) is 0.816. The van der Waals surface area contributed by atoms with Crippen molar-refractivity contribution in [2.45, 2.75) is 12.8 Å². The Labute approximate surface area is 102 Å². The molecule has 0 heterocycles. The van der Waals surface area contributed by atoms with Crippen molar-refractivity contribution in [3.05, 3.63) is 22.2 Å². The van der Waals surface area contributed by atoms with Gasteiger partial charge < -0.3 is 14.6 Å². The van der Waals surface area contributed by atoms with E-state index in [0.29, 0.717) is 17.9 Å². The molecule has 0 unspecified atom stereocenters. The highest BCUT2D eigenvalue weighted by Gasteiger charge is 2.12. The van der Waals surface area contributed by atoms with Crippen LogP contribution < -0.4 is 9.47 Å². The molecule has 16 heavy (non-hydrogen) atoms. The molecule has 88 valence electrons. The van der Waals surface area contributed by atoms with Gasteiger partial charge in [0.2, 0.25) is 0 Å². The average molecular weight is 289 g/mol. The molecule has 0 amide bonds. The Bertz CT molecular complexity index is 390. The molecule has 1 aromatic carbocycles. The highest BCUT2D eigenvalue weighted by molar-refractivity contribution is 9.10. The molecule has 0 fully saturated rings. The monoisotopic (exact) mass is 288 g/mol. The molecule has 0 spiro atoms. The standard InChI is InChI=1S/C11H13BrO4/c1-15-9-6-8(12)5-7(11(9)16-2)3-4-10(13)14/h5-6H,3-4H2,1-2H3,(H,13,14). The van der Waals surface area contributed by atoms with Crippen LogP contribution >= 0.6 is 15.9 Å². The molecule has 1 aromatic rings. The molecule has 5 heteroatoms. The second kappa shape index (κ2) is 5.75. The van der Waals surface area contributed by atoms with Crippen molar-refractivity contribution >= 4 is 21.9 Å². The van der Waals surface area contributed by atoms with Crippen molar-refractivity contribution in [2.75, 3.05) is 14.2 Å². The molecular weight excluding hydrogens is 276 g/mol. The minimum Gasteiger partial charge on any atom is -0.493 e. The second-order valence-corrected chi connectivity index (χ2v) is 4.11. The van der Waals surface area contributed by atoms with Crippen LogP contribution in [0.15, 0.2) is 16.6 Å². The summed E-state index contributed by atoms with van der Waals surface area (Å²) in [5.74, 6) is 0.352. The van der Waals surface area contributed by atoms with Crippen LogP contribution in [0, 0.1) is 0 Å². The predicted molar refractivity (Wildman–Crippen MR) is 63.2 cm³/mol. The number of rotatable bonds is 5. The van der Waals surface area contributed by atoms with Crippen LogP contribution in [0.5, 0.6) is 11.5 Å². The van der Waals surface area contributed by atoms with E-state index in [4.69, 9.17) is 14.6 Å². The van der Waals surface area contributed by atoms with Crippen molar-refractivity contribution in [1.82, 2.24) is 0 Å². The van der Waals surface area contributed by atoms with E-state index in [1.165, 1.54) is 7.11 Å². The molecule has 0 aliphatic rings. The zero-order valence-electron chi connectivity index (χ0n) is 9.12. The van der Waals surface area contributed by atoms with Crippen LogP contribution in [-0.4, -0.2) is 25.3 Å². The maximum atomic E-state index is 10.5. The summed E-state index contributed by atoms with van der Waals surface area (Å²) < 4.78 is 11.2. The number of carboxylic acids is 1. The molecule has 0 aliphatic carbocycles. The number of hydrogen-bond donors (Lipinski definition) is 1. The Morgan fingerprint density at radius 3 is 2.56 bits per heavy atom. The lowest BCUT2D eigenvalue weighted by Crippen LogP contribution is -2.01. The average Bonchev–Trinajstić information content (AvgIpc) is 2.25. The first kappa shape index (κ1) is 12.8. The van der Waals surface area contributed by atoms with Crippen LogP contribution in [0.2, 0.25) is 0 Å². The summed E-state index contributed by atoms with van der Waals surface area (Å²) in [6, 6.07) is 3.62. The first-order valence-corrected chi connectivity index (χ1v) is 5.50. The molecule has 1 N–H and O–H groups in total.